The van der Waals surface area contributed by atoms with Crippen LogP contribution in [0.25, 0.3) is 0 Å². The van der Waals surface area contributed by atoms with Crippen LogP contribution in [0.15, 0.2) is 48.5 Å². The third-order valence-electron chi connectivity index (χ3n) is 5.97. The summed E-state index contributed by atoms with van der Waals surface area (Å²) < 4.78 is 5.83. The highest BCUT2D eigenvalue weighted by atomic mass is 16.5. The quantitative estimate of drug-likeness (QED) is 0.645. The van der Waals surface area contributed by atoms with Crippen molar-refractivity contribution in [2.24, 2.45) is 0 Å². The van der Waals surface area contributed by atoms with Gasteiger partial charge >= 0.3 is 0 Å². The predicted octanol–water partition coefficient (Wildman–Crippen LogP) is 4.55. The summed E-state index contributed by atoms with van der Waals surface area (Å²) in [6.07, 6.45) is 4.89. The van der Waals surface area contributed by atoms with Gasteiger partial charge in [0.25, 0.3) is 5.91 Å². The van der Waals surface area contributed by atoms with E-state index in [1.165, 1.54) is 0 Å². The van der Waals surface area contributed by atoms with Gasteiger partial charge in [-0.3, -0.25) is 9.59 Å². The molecule has 166 valence electrons. The number of para-hydroxylation sites is 1. The average Bonchev–Trinajstić information content (AvgIpc) is 3.26. The molecule has 2 amide bonds. The van der Waals surface area contributed by atoms with E-state index >= 15 is 0 Å². The fraction of sp³-hybridized carbons (Fsp3) is 0.462. The van der Waals surface area contributed by atoms with Gasteiger partial charge < -0.3 is 15.0 Å². The maximum Gasteiger partial charge on any atom is 0.261 e. The minimum Gasteiger partial charge on any atom is -0.484 e. The number of hydrogen-bond acceptors (Lipinski definition) is 3. The highest BCUT2D eigenvalue weighted by Gasteiger charge is 2.30. The molecular weight excluding hydrogens is 388 g/mol. The molecule has 5 nitrogen and oxygen atoms in total. The Hall–Kier alpha value is -2.82. The summed E-state index contributed by atoms with van der Waals surface area (Å²) >= 11 is 0. The van der Waals surface area contributed by atoms with Gasteiger partial charge in [-0.05, 0) is 50.3 Å². The second-order valence-corrected chi connectivity index (χ2v) is 8.48. The van der Waals surface area contributed by atoms with Gasteiger partial charge in [-0.25, -0.2) is 0 Å². The van der Waals surface area contributed by atoms with E-state index in [2.05, 4.69) is 11.4 Å². The van der Waals surface area contributed by atoms with Crippen LogP contribution in [0.5, 0.6) is 5.75 Å². The molecule has 0 heterocycles. The summed E-state index contributed by atoms with van der Waals surface area (Å²) in [6, 6.07) is 15.4. The van der Waals surface area contributed by atoms with Crippen molar-refractivity contribution in [3.63, 3.8) is 0 Å². The molecule has 1 N–H and O–H groups in total. The minimum atomic E-state index is -0.519. The number of carbonyl (C=O) groups is 2. The molecule has 3 rings (SSSR count). The van der Waals surface area contributed by atoms with Gasteiger partial charge in [0, 0.05) is 12.6 Å². The second-order valence-electron chi connectivity index (χ2n) is 8.48. The Kier molecular flexibility index (Phi) is 8.10. The van der Waals surface area contributed by atoms with E-state index in [9.17, 15) is 9.59 Å². The lowest BCUT2D eigenvalue weighted by molar-refractivity contribution is -0.143. The van der Waals surface area contributed by atoms with Gasteiger partial charge in [0.05, 0.1) is 0 Å². The van der Waals surface area contributed by atoms with Crippen molar-refractivity contribution < 1.29 is 14.3 Å². The average molecular weight is 423 g/mol. The first-order chi connectivity index (χ1) is 15.0. The van der Waals surface area contributed by atoms with Crippen LogP contribution in [-0.2, 0) is 16.1 Å². The number of amides is 2. The van der Waals surface area contributed by atoms with Crippen LogP contribution >= 0.6 is 0 Å². The predicted molar refractivity (Wildman–Crippen MR) is 123 cm³/mol. The lowest BCUT2D eigenvalue weighted by Crippen LogP contribution is -2.52. The molecule has 1 atom stereocenters. The van der Waals surface area contributed by atoms with Crippen LogP contribution in [0.2, 0.25) is 0 Å². The smallest absolute Gasteiger partial charge is 0.261 e. The molecule has 5 heteroatoms. The first-order valence-electron chi connectivity index (χ1n) is 11.3. The minimum absolute atomic E-state index is 0.0636. The summed E-state index contributed by atoms with van der Waals surface area (Å²) in [6.45, 7) is 6.23. The number of benzene rings is 2. The Balaban J connectivity index is 1.77. The van der Waals surface area contributed by atoms with Crippen LogP contribution in [0.3, 0.4) is 0 Å². The van der Waals surface area contributed by atoms with Crippen molar-refractivity contribution in [1.29, 1.82) is 0 Å². The van der Waals surface area contributed by atoms with E-state index in [-0.39, 0.29) is 24.5 Å². The van der Waals surface area contributed by atoms with Crippen molar-refractivity contribution in [1.82, 2.24) is 10.2 Å². The third kappa shape index (κ3) is 6.33. The maximum absolute atomic E-state index is 13.3. The molecule has 2 aromatic rings. The third-order valence-corrected chi connectivity index (χ3v) is 5.97. The van der Waals surface area contributed by atoms with Gasteiger partial charge in [-0.2, -0.15) is 0 Å². The summed E-state index contributed by atoms with van der Waals surface area (Å²) in [5.41, 5.74) is 3.12. The van der Waals surface area contributed by atoms with Crippen LogP contribution in [0.1, 0.15) is 55.7 Å². The normalized spacial score (nSPS) is 14.8. The molecule has 2 aromatic carbocycles. The molecule has 1 saturated carbocycles. The van der Waals surface area contributed by atoms with Crippen molar-refractivity contribution in [2.75, 3.05) is 6.61 Å². The van der Waals surface area contributed by atoms with E-state index in [0.29, 0.717) is 18.7 Å². The lowest BCUT2D eigenvalue weighted by atomic mass is 10.1. The SMILES string of the molecule is CC[C@H](C(=O)NC1CCCC1)N(Cc1cccc(C)c1)C(=O)COc1ccccc1C. The summed E-state index contributed by atoms with van der Waals surface area (Å²) in [5, 5.41) is 3.17. The Morgan fingerprint density at radius 3 is 2.52 bits per heavy atom. The first kappa shape index (κ1) is 22.9. The molecule has 0 bridgehead atoms. The van der Waals surface area contributed by atoms with Crippen molar-refractivity contribution in [3.05, 3.63) is 65.2 Å². The number of rotatable bonds is 9. The number of nitrogens with zero attached hydrogens (tertiary/aromatic N) is 1. The van der Waals surface area contributed by atoms with Gasteiger partial charge in [-0.1, -0.05) is 67.8 Å². The zero-order valence-electron chi connectivity index (χ0n) is 18.9. The Bertz CT molecular complexity index is 890. The Labute approximate surface area is 185 Å². The zero-order valence-corrected chi connectivity index (χ0v) is 18.9. The molecule has 1 aliphatic rings. The van der Waals surface area contributed by atoms with E-state index in [1.807, 2.05) is 63.2 Å². The highest BCUT2D eigenvalue weighted by molar-refractivity contribution is 5.88. The molecule has 0 aliphatic heterocycles. The number of ether oxygens (including phenoxy) is 1. The highest BCUT2D eigenvalue weighted by Crippen LogP contribution is 2.20. The fourth-order valence-corrected chi connectivity index (χ4v) is 4.23. The molecule has 1 fully saturated rings. The Morgan fingerprint density at radius 2 is 1.84 bits per heavy atom. The zero-order chi connectivity index (χ0) is 22.2. The van der Waals surface area contributed by atoms with Crippen molar-refractivity contribution >= 4 is 11.8 Å². The molecule has 0 saturated heterocycles. The number of nitrogens with one attached hydrogen (secondary N) is 1. The largest absolute Gasteiger partial charge is 0.484 e. The number of hydrogen-bond donors (Lipinski definition) is 1. The summed E-state index contributed by atoms with van der Waals surface area (Å²) in [7, 11) is 0. The number of carbonyl (C=O) groups excluding carboxylic acids is 2. The first-order valence-corrected chi connectivity index (χ1v) is 11.3. The van der Waals surface area contributed by atoms with Crippen LogP contribution < -0.4 is 10.1 Å². The molecular formula is C26H34N2O3. The molecule has 0 unspecified atom stereocenters. The van der Waals surface area contributed by atoms with Crippen LogP contribution in [0, 0.1) is 13.8 Å². The Morgan fingerprint density at radius 1 is 1.10 bits per heavy atom. The number of aryl methyl sites for hydroxylation is 2. The second kappa shape index (κ2) is 11.0. The van der Waals surface area contributed by atoms with E-state index < -0.39 is 6.04 Å². The van der Waals surface area contributed by atoms with E-state index in [4.69, 9.17) is 4.74 Å². The molecule has 1 aliphatic carbocycles. The molecule has 31 heavy (non-hydrogen) atoms. The summed E-state index contributed by atoms with van der Waals surface area (Å²) in [4.78, 5) is 28.1. The van der Waals surface area contributed by atoms with Gasteiger partial charge in [-0.15, -0.1) is 0 Å². The molecule has 0 aromatic heterocycles. The fourth-order valence-electron chi connectivity index (χ4n) is 4.23. The van der Waals surface area contributed by atoms with E-state index in [1.54, 1.807) is 4.90 Å². The topological polar surface area (TPSA) is 58.6 Å². The van der Waals surface area contributed by atoms with Crippen molar-refractivity contribution in [3.8, 4) is 5.75 Å². The van der Waals surface area contributed by atoms with Gasteiger partial charge in [0.15, 0.2) is 6.61 Å². The van der Waals surface area contributed by atoms with Gasteiger partial charge in [0.1, 0.15) is 11.8 Å². The molecule has 0 spiro atoms. The van der Waals surface area contributed by atoms with E-state index in [0.717, 1.165) is 42.4 Å². The monoisotopic (exact) mass is 422 g/mol. The van der Waals surface area contributed by atoms with Crippen LogP contribution in [-0.4, -0.2) is 35.4 Å². The molecule has 0 radical (unpaired) electrons. The standard InChI is InChI=1S/C26H34N2O3/c1-4-23(26(30)27-22-13-6-7-14-22)28(17-21-12-9-10-19(2)16-21)25(29)18-31-24-15-8-5-11-20(24)3/h5,8-12,15-16,22-23H,4,6-7,13-14,17-18H2,1-3H3,(H,27,30)/t23-/m1/s1. The van der Waals surface area contributed by atoms with Crippen LogP contribution in [0.4, 0.5) is 0 Å². The maximum atomic E-state index is 13.3. The lowest BCUT2D eigenvalue weighted by Gasteiger charge is -2.31. The summed E-state index contributed by atoms with van der Waals surface area (Å²) in [5.74, 6) is 0.444. The van der Waals surface area contributed by atoms with Gasteiger partial charge in [0.2, 0.25) is 5.91 Å². The van der Waals surface area contributed by atoms with Crippen molar-refractivity contribution in [2.45, 2.75) is 71.5 Å².